The lowest BCUT2D eigenvalue weighted by Crippen LogP contribution is -2.28. The molecule has 29 heavy (non-hydrogen) atoms. The molecule has 1 atom stereocenters. The highest BCUT2D eigenvalue weighted by Crippen LogP contribution is 2.26. The lowest BCUT2D eigenvalue weighted by Gasteiger charge is -2.18. The highest BCUT2D eigenvalue weighted by molar-refractivity contribution is 6.03. The molecule has 2 aromatic rings. The average molecular weight is 396 g/mol. The van der Waals surface area contributed by atoms with Crippen molar-refractivity contribution in [1.82, 2.24) is 4.90 Å². The Hall–Kier alpha value is -3.35. The first kappa shape index (κ1) is 20.4. The maximum Gasteiger partial charge on any atom is 0.340 e. The number of methoxy groups -OCH3 is 1. The Morgan fingerprint density at radius 1 is 1.14 bits per heavy atom. The molecule has 0 bridgehead atoms. The summed E-state index contributed by atoms with van der Waals surface area (Å²) < 4.78 is 10.4. The van der Waals surface area contributed by atoms with Crippen LogP contribution in [0.15, 0.2) is 48.5 Å². The monoisotopic (exact) mass is 396 g/mol. The van der Waals surface area contributed by atoms with Gasteiger partial charge in [0.25, 0.3) is 0 Å². The zero-order valence-electron chi connectivity index (χ0n) is 16.5. The van der Waals surface area contributed by atoms with Crippen LogP contribution in [0.1, 0.15) is 29.3 Å². The average Bonchev–Trinajstić information content (AvgIpc) is 3.09. The van der Waals surface area contributed by atoms with E-state index in [1.165, 1.54) is 0 Å². The summed E-state index contributed by atoms with van der Waals surface area (Å²) in [5.74, 6) is -0.667. The summed E-state index contributed by atoms with van der Waals surface area (Å²) in [5.41, 5.74) is 1.56. The third-order valence-corrected chi connectivity index (χ3v) is 4.82. The van der Waals surface area contributed by atoms with Gasteiger partial charge in [-0.15, -0.1) is 0 Å². The Balaban J connectivity index is 1.68. The van der Waals surface area contributed by atoms with Gasteiger partial charge >= 0.3 is 5.97 Å². The Morgan fingerprint density at radius 3 is 2.62 bits per heavy atom. The second-order valence-electron chi connectivity index (χ2n) is 6.74. The van der Waals surface area contributed by atoms with E-state index in [9.17, 15) is 14.4 Å². The third-order valence-electron chi connectivity index (χ3n) is 4.82. The Bertz CT molecular complexity index is 912. The molecule has 0 aromatic heterocycles. The summed E-state index contributed by atoms with van der Waals surface area (Å²) in [5, 5.41) is 2.78. The molecule has 0 aliphatic carbocycles. The molecule has 1 aliphatic rings. The number of benzene rings is 2. The van der Waals surface area contributed by atoms with Crippen molar-refractivity contribution in [1.29, 1.82) is 0 Å². The van der Waals surface area contributed by atoms with Crippen LogP contribution in [0.4, 0.5) is 5.69 Å². The number of nitrogens with zero attached hydrogens (tertiary/aromatic N) is 1. The summed E-state index contributed by atoms with van der Waals surface area (Å²) >= 11 is 0. The highest BCUT2D eigenvalue weighted by atomic mass is 16.5. The predicted octanol–water partition coefficient (Wildman–Crippen LogP) is 2.86. The number of amides is 2. The summed E-state index contributed by atoms with van der Waals surface area (Å²) in [7, 11) is 1.59. The van der Waals surface area contributed by atoms with Crippen molar-refractivity contribution in [3.63, 3.8) is 0 Å². The van der Waals surface area contributed by atoms with Crippen molar-refractivity contribution in [2.75, 3.05) is 25.6 Å². The Morgan fingerprint density at radius 2 is 1.86 bits per heavy atom. The first-order chi connectivity index (χ1) is 14.0. The Labute approximate surface area is 169 Å². The van der Waals surface area contributed by atoms with Gasteiger partial charge in [-0.05, 0) is 25.1 Å². The lowest BCUT2D eigenvalue weighted by atomic mass is 10.1. The van der Waals surface area contributed by atoms with E-state index in [0.29, 0.717) is 24.5 Å². The number of carbonyl (C=O) groups excluding carboxylic acids is 3. The molecule has 0 radical (unpaired) electrons. The van der Waals surface area contributed by atoms with Crippen molar-refractivity contribution >= 4 is 23.5 Å². The molecule has 2 amide bonds. The largest absolute Gasteiger partial charge is 0.496 e. The fourth-order valence-electron chi connectivity index (χ4n) is 3.35. The normalized spacial score (nSPS) is 15.9. The van der Waals surface area contributed by atoms with Crippen LogP contribution in [0.25, 0.3) is 0 Å². The molecule has 0 spiro atoms. The van der Waals surface area contributed by atoms with Gasteiger partial charge < -0.3 is 19.7 Å². The van der Waals surface area contributed by atoms with Gasteiger partial charge in [0.15, 0.2) is 0 Å². The number of hydrogen-bond acceptors (Lipinski definition) is 5. The van der Waals surface area contributed by atoms with Gasteiger partial charge in [0.05, 0.1) is 30.9 Å². The van der Waals surface area contributed by atoms with E-state index in [0.717, 1.165) is 5.56 Å². The predicted molar refractivity (Wildman–Crippen MR) is 108 cm³/mol. The van der Waals surface area contributed by atoms with Gasteiger partial charge in [-0.2, -0.15) is 0 Å². The molecule has 1 unspecified atom stereocenters. The lowest BCUT2D eigenvalue weighted by molar-refractivity contribution is -0.128. The second kappa shape index (κ2) is 9.23. The van der Waals surface area contributed by atoms with E-state index < -0.39 is 11.9 Å². The molecule has 7 nitrogen and oxygen atoms in total. The molecule has 1 N–H and O–H groups in total. The Kier molecular flexibility index (Phi) is 6.49. The van der Waals surface area contributed by atoms with E-state index in [2.05, 4.69) is 5.32 Å². The minimum absolute atomic E-state index is 0.0882. The van der Waals surface area contributed by atoms with Crippen molar-refractivity contribution < 1.29 is 23.9 Å². The van der Waals surface area contributed by atoms with Crippen molar-refractivity contribution in [2.45, 2.75) is 19.9 Å². The van der Waals surface area contributed by atoms with Crippen LogP contribution in [0.5, 0.6) is 5.75 Å². The number of para-hydroxylation sites is 2. The number of carbonyl (C=O) groups is 3. The van der Waals surface area contributed by atoms with Crippen LogP contribution in [0, 0.1) is 5.92 Å². The molecular weight excluding hydrogens is 372 g/mol. The number of esters is 1. The number of rotatable bonds is 7. The van der Waals surface area contributed by atoms with Gasteiger partial charge in [0, 0.05) is 25.1 Å². The molecule has 1 fully saturated rings. The molecule has 1 heterocycles. The molecule has 1 aliphatic heterocycles. The highest BCUT2D eigenvalue weighted by Gasteiger charge is 2.35. The number of nitrogens with one attached hydrogen (secondary N) is 1. The zero-order valence-corrected chi connectivity index (χ0v) is 16.5. The van der Waals surface area contributed by atoms with E-state index in [1.54, 1.807) is 43.2 Å². The molecule has 7 heteroatoms. The fourth-order valence-corrected chi connectivity index (χ4v) is 3.35. The SMILES string of the molecule is CCOC(=O)c1ccccc1NC(=O)C1CC(=O)N(Cc2ccccc2OC)C1. The molecular formula is C22H24N2O5. The molecule has 2 aromatic carbocycles. The quantitative estimate of drug-likeness (QED) is 0.728. The minimum Gasteiger partial charge on any atom is -0.496 e. The van der Waals surface area contributed by atoms with Crippen LogP contribution in [-0.2, 0) is 20.9 Å². The van der Waals surface area contributed by atoms with Gasteiger partial charge in [0.2, 0.25) is 11.8 Å². The summed E-state index contributed by atoms with van der Waals surface area (Å²) in [6.45, 7) is 2.66. The fraction of sp³-hybridized carbons (Fsp3) is 0.318. The number of hydrogen-bond donors (Lipinski definition) is 1. The molecule has 3 rings (SSSR count). The van der Waals surface area contributed by atoms with Crippen molar-refractivity contribution in [2.24, 2.45) is 5.92 Å². The summed E-state index contributed by atoms with van der Waals surface area (Å²) in [6, 6.07) is 14.2. The molecule has 152 valence electrons. The van der Waals surface area contributed by atoms with E-state index in [-0.39, 0.29) is 30.4 Å². The van der Waals surface area contributed by atoms with E-state index in [1.807, 2.05) is 24.3 Å². The molecule has 0 saturated carbocycles. The van der Waals surface area contributed by atoms with Crippen molar-refractivity contribution in [3.05, 3.63) is 59.7 Å². The van der Waals surface area contributed by atoms with Crippen LogP contribution in [-0.4, -0.2) is 42.9 Å². The third kappa shape index (κ3) is 4.74. The van der Waals surface area contributed by atoms with Gasteiger partial charge in [-0.3, -0.25) is 9.59 Å². The van der Waals surface area contributed by atoms with Gasteiger partial charge in [0.1, 0.15) is 5.75 Å². The van der Waals surface area contributed by atoms with E-state index >= 15 is 0 Å². The van der Waals surface area contributed by atoms with Crippen LogP contribution < -0.4 is 10.1 Å². The minimum atomic E-state index is -0.497. The molecule has 1 saturated heterocycles. The zero-order chi connectivity index (χ0) is 20.8. The van der Waals surface area contributed by atoms with Crippen molar-refractivity contribution in [3.8, 4) is 5.75 Å². The van der Waals surface area contributed by atoms with Crippen LogP contribution >= 0.6 is 0 Å². The van der Waals surface area contributed by atoms with Gasteiger partial charge in [-0.1, -0.05) is 30.3 Å². The summed E-state index contributed by atoms with van der Waals surface area (Å²) in [4.78, 5) is 38.9. The first-order valence-corrected chi connectivity index (χ1v) is 9.50. The number of likely N-dealkylation sites (tertiary alicyclic amines) is 1. The topological polar surface area (TPSA) is 84.9 Å². The number of ether oxygens (including phenoxy) is 2. The first-order valence-electron chi connectivity index (χ1n) is 9.50. The summed E-state index contributed by atoms with van der Waals surface area (Å²) in [6.07, 6.45) is 0.128. The maximum absolute atomic E-state index is 12.7. The van der Waals surface area contributed by atoms with E-state index in [4.69, 9.17) is 9.47 Å². The van der Waals surface area contributed by atoms with Crippen LogP contribution in [0.2, 0.25) is 0 Å². The smallest absolute Gasteiger partial charge is 0.340 e. The second-order valence-corrected chi connectivity index (χ2v) is 6.74. The maximum atomic E-state index is 12.7. The van der Waals surface area contributed by atoms with Gasteiger partial charge in [-0.25, -0.2) is 4.79 Å². The standard InChI is InChI=1S/C22H24N2O5/c1-3-29-22(27)17-9-5-6-10-18(17)23-21(26)16-12-20(25)24(14-16)13-15-8-4-7-11-19(15)28-2/h4-11,16H,3,12-14H2,1-2H3,(H,23,26). The number of anilines is 1. The van der Waals surface area contributed by atoms with Crippen LogP contribution in [0.3, 0.4) is 0 Å².